The van der Waals surface area contributed by atoms with E-state index in [-0.39, 0.29) is 12.2 Å². The molecule has 0 amide bonds. The predicted molar refractivity (Wildman–Crippen MR) is 81.1 cm³/mol. The Hall–Kier alpha value is -2.77. The normalized spacial score (nSPS) is 11.2. The minimum atomic E-state index is -2.60. The summed E-state index contributed by atoms with van der Waals surface area (Å²) in [6.45, 7) is 2.11. The zero-order valence-corrected chi connectivity index (χ0v) is 13.2. The van der Waals surface area contributed by atoms with Crippen LogP contribution in [0.4, 0.5) is 8.78 Å². The number of hydrogen-bond donors (Lipinski definition) is 0. The molecule has 0 aliphatic heterocycles. The van der Waals surface area contributed by atoms with Gasteiger partial charge in [0, 0.05) is 12.6 Å². The van der Waals surface area contributed by atoms with Crippen LogP contribution < -0.4 is 4.74 Å². The molecular formula is C16H16F2N4O2. The van der Waals surface area contributed by atoms with Gasteiger partial charge in [-0.15, -0.1) is 0 Å². The topological polar surface area (TPSA) is 66.0 Å². The fourth-order valence-corrected chi connectivity index (χ4v) is 2.30. The molecule has 0 spiro atoms. The van der Waals surface area contributed by atoms with Crippen LogP contribution in [0.5, 0.6) is 5.75 Å². The van der Waals surface area contributed by atoms with Gasteiger partial charge in [-0.3, -0.25) is 4.68 Å². The van der Waals surface area contributed by atoms with Crippen LogP contribution >= 0.6 is 0 Å². The second-order valence-electron chi connectivity index (χ2n) is 5.32. The summed E-state index contributed by atoms with van der Waals surface area (Å²) in [5.74, 6) is 1.62. The zero-order chi connectivity index (χ0) is 17.1. The molecule has 1 aromatic carbocycles. The third-order valence-corrected chi connectivity index (χ3v) is 3.53. The van der Waals surface area contributed by atoms with Crippen molar-refractivity contribution in [3.8, 4) is 5.75 Å². The van der Waals surface area contributed by atoms with Gasteiger partial charge in [-0.2, -0.15) is 10.1 Å². The summed E-state index contributed by atoms with van der Waals surface area (Å²) in [6.07, 6.45) is -0.654. The first kappa shape index (κ1) is 16.1. The lowest BCUT2D eigenvalue weighted by Gasteiger charge is -2.06. The van der Waals surface area contributed by atoms with Gasteiger partial charge in [-0.25, -0.2) is 8.78 Å². The molecule has 3 rings (SSSR count). The third kappa shape index (κ3) is 3.58. The van der Waals surface area contributed by atoms with E-state index in [4.69, 9.17) is 9.26 Å². The van der Waals surface area contributed by atoms with Crippen molar-refractivity contribution < 1.29 is 18.0 Å². The molecule has 3 aromatic rings. The van der Waals surface area contributed by atoms with Gasteiger partial charge in [0.1, 0.15) is 18.0 Å². The van der Waals surface area contributed by atoms with Crippen molar-refractivity contribution in [3.05, 3.63) is 59.0 Å². The van der Waals surface area contributed by atoms with E-state index in [1.807, 2.05) is 25.1 Å². The Bertz CT molecular complexity index is 829. The minimum Gasteiger partial charge on any atom is -0.496 e. The molecule has 24 heavy (non-hydrogen) atoms. The third-order valence-electron chi connectivity index (χ3n) is 3.53. The molecule has 2 heterocycles. The summed E-state index contributed by atoms with van der Waals surface area (Å²) in [5.41, 5.74) is 1.76. The van der Waals surface area contributed by atoms with Crippen molar-refractivity contribution in [2.45, 2.75) is 26.3 Å². The summed E-state index contributed by atoms with van der Waals surface area (Å²) in [6, 6.07) is 7.12. The SMILES string of the molecule is COc1cc(Cc2noc(Cn3ccc(C(F)F)n3)n2)ccc1C. The Balaban J connectivity index is 1.69. The van der Waals surface area contributed by atoms with E-state index in [2.05, 4.69) is 15.2 Å². The smallest absolute Gasteiger partial charge is 0.282 e. The molecule has 0 aliphatic rings. The Morgan fingerprint density at radius 3 is 2.83 bits per heavy atom. The van der Waals surface area contributed by atoms with Gasteiger partial charge in [0.15, 0.2) is 5.82 Å². The lowest BCUT2D eigenvalue weighted by molar-refractivity contribution is 0.145. The zero-order valence-electron chi connectivity index (χ0n) is 13.2. The van der Waals surface area contributed by atoms with Crippen LogP contribution in [0.1, 0.15) is 35.0 Å². The number of rotatable bonds is 6. The Morgan fingerprint density at radius 2 is 2.12 bits per heavy atom. The molecule has 0 aliphatic carbocycles. The predicted octanol–water partition coefficient (Wildman–Crippen LogP) is 3.16. The second kappa shape index (κ2) is 6.77. The van der Waals surface area contributed by atoms with Crippen molar-refractivity contribution in [3.63, 3.8) is 0 Å². The van der Waals surface area contributed by atoms with Crippen molar-refractivity contribution in [2.24, 2.45) is 0 Å². The molecule has 0 N–H and O–H groups in total. The first-order valence-corrected chi connectivity index (χ1v) is 7.31. The van der Waals surface area contributed by atoms with Crippen molar-refractivity contribution in [1.82, 2.24) is 19.9 Å². The number of ether oxygens (including phenoxy) is 1. The molecule has 0 saturated heterocycles. The Kier molecular flexibility index (Phi) is 4.54. The van der Waals surface area contributed by atoms with Crippen LogP contribution in [0.15, 0.2) is 35.0 Å². The van der Waals surface area contributed by atoms with Gasteiger partial charge in [-0.05, 0) is 30.2 Å². The molecule has 6 nitrogen and oxygen atoms in total. The highest BCUT2D eigenvalue weighted by molar-refractivity contribution is 5.37. The quantitative estimate of drug-likeness (QED) is 0.693. The number of methoxy groups -OCH3 is 1. The van der Waals surface area contributed by atoms with Crippen molar-refractivity contribution in [2.75, 3.05) is 7.11 Å². The van der Waals surface area contributed by atoms with Crippen molar-refractivity contribution >= 4 is 0 Å². The van der Waals surface area contributed by atoms with Crippen LogP contribution in [-0.4, -0.2) is 27.0 Å². The summed E-state index contributed by atoms with van der Waals surface area (Å²) < 4.78 is 36.8. The van der Waals surface area contributed by atoms with E-state index < -0.39 is 6.43 Å². The summed E-state index contributed by atoms with van der Waals surface area (Å²) >= 11 is 0. The lowest BCUT2D eigenvalue weighted by Crippen LogP contribution is -2.02. The van der Waals surface area contributed by atoms with Crippen LogP contribution in [0.25, 0.3) is 0 Å². The fraction of sp³-hybridized carbons (Fsp3) is 0.312. The number of nitrogens with zero attached hydrogens (tertiary/aromatic N) is 4. The van der Waals surface area contributed by atoms with E-state index in [0.29, 0.717) is 18.1 Å². The average molecular weight is 334 g/mol. The van der Waals surface area contributed by atoms with Gasteiger partial charge < -0.3 is 9.26 Å². The summed E-state index contributed by atoms with van der Waals surface area (Å²) in [5, 5.41) is 7.66. The molecular weight excluding hydrogens is 318 g/mol. The molecule has 0 bridgehead atoms. The number of aromatic nitrogens is 4. The summed E-state index contributed by atoms with van der Waals surface area (Å²) in [7, 11) is 1.62. The first-order chi connectivity index (χ1) is 11.5. The van der Waals surface area contributed by atoms with Crippen molar-refractivity contribution in [1.29, 1.82) is 0 Å². The number of alkyl halides is 2. The van der Waals surface area contributed by atoms with Gasteiger partial charge in [-0.1, -0.05) is 17.3 Å². The molecule has 0 atom stereocenters. The highest BCUT2D eigenvalue weighted by Crippen LogP contribution is 2.20. The van der Waals surface area contributed by atoms with Gasteiger partial charge >= 0.3 is 0 Å². The second-order valence-corrected chi connectivity index (χ2v) is 5.32. The first-order valence-electron chi connectivity index (χ1n) is 7.31. The highest BCUT2D eigenvalue weighted by atomic mass is 19.3. The molecule has 0 radical (unpaired) electrons. The maximum Gasteiger partial charge on any atom is 0.282 e. The molecule has 0 unspecified atom stereocenters. The fourth-order valence-electron chi connectivity index (χ4n) is 2.30. The summed E-state index contributed by atoms with van der Waals surface area (Å²) in [4.78, 5) is 4.27. The van der Waals surface area contributed by atoms with Gasteiger partial charge in [0.05, 0.1) is 7.11 Å². The van der Waals surface area contributed by atoms with Crippen LogP contribution in [0, 0.1) is 6.92 Å². The van der Waals surface area contributed by atoms with E-state index in [1.165, 1.54) is 16.9 Å². The van der Waals surface area contributed by atoms with E-state index in [0.717, 1.165) is 16.9 Å². The lowest BCUT2D eigenvalue weighted by atomic mass is 10.1. The molecule has 2 aromatic heterocycles. The van der Waals surface area contributed by atoms with Gasteiger partial charge in [0.25, 0.3) is 6.43 Å². The molecule has 0 fully saturated rings. The van der Waals surface area contributed by atoms with E-state index in [1.54, 1.807) is 7.11 Å². The number of benzene rings is 1. The molecule has 8 heteroatoms. The highest BCUT2D eigenvalue weighted by Gasteiger charge is 2.13. The van der Waals surface area contributed by atoms with Gasteiger partial charge in [0.2, 0.25) is 5.89 Å². The molecule has 126 valence electrons. The number of hydrogen-bond acceptors (Lipinski definition) is 5. The Labute approximate surface area is 137 Å². The monoisotopic (exact) mass is 334 g/mol. The molecule has 0 saturated carbocycles. The largest absolute Gasteiger partial charge is 0.496 e. The maximum absolute atomic E-state index is 12.5. The van der Waals surface area contributed by atoms with Crippen LogP contribution in [0.3, 0.4) is 0 Å². The average Bonchev–Trinajstić information content (AvgIpc) is 3.19. The van der Waals surface area contributed by atoms with E-state index in [9.17, 15) is 8.78 Å². The number of aryl methyl sites for hydroxylation is 1. The maximum atomic E-state index is 12.5. The van der Waals surface area contributed by atoms with E-state index >= 15 is 0 Å². The number of halogens is 2. The Morgan fingerprint density at radius 1 is 1.29 bits per heavy atom. The standard InChI is InChI=1S/C16H16F2N4O2/c1-10-3-4-11(7-13(10)23-2)8-14-19-15(24-21-14)9-22-6-5-12(20-22)16(17)18/h3-7,16H,8-9H2,1-2H3. The van der Waals surface area contributed by atoms with Crippen LogP contribution in [0.2, 0.25) is 0 Å². The minimum absolute atomic E-state index is 0.150. The van der Waals surface area contributed by atoms with Crippen LogP contribution in [-0.2, 0) is 13.0 Å².